The van der Waals surface area contributed by atoms with Gasteiger partial charge in [-0.25, -0.2) is 4.98 Å². The van der Waals surface area contributed by atoms with Crippen molar-refractivity contribution in [2.45, 2.75) is 33.2 Å². The number of ether oxygens (including phenoxy) is 1. The highest BCUT2D eigenvalue weighted by atomic mass is 32.1. The van der Waals surface area contributed by atoms with Crippen LogP contribution in [0.2, 0.25) is 0 Å². The summed E-state index contributed by atoms with van der Waals surface area (Å²) < 4.78 is 5.46. The lowest BCUT2D eigenvalue weighted by Gasteiger charge is -2.30. The SMILES string of the molecule is CCC(C)(C)C(=O)C1=C(O)C(=O)N(c2ccc(-c3ccsc3)cc2)C1c1cccnc1OC. The molecule has 2 aromatic heterocycles. The number of carbonyl (C=O) groups is 2. The number of methoxy groups -OCH3 is 1. The van der Waals surface area contributed by atoms with Crippen molar-refractivity contribution in [1.82, 2.24) is 4.98 Å². The fraction of sp³-hybridized carbons (Fsp3) is 0.269. The number of anilines is 1. The van der Waals surface area contributed by atoms with E-state index in [0.717, 1.165) is 11.1 Å². The van der Waals surface area contributed by atoms with Crippen molar-refractivity contribution in [2.24, 2.45) is 5.41 Å². The number of aliphatic hydroxyl groups is 1. The fourth-order valence-electron chi connectivity index (χ4n) is 3.95. The van der Waals surface area contributed by atoms with Crippen LogP contribution in [0, 0.1) is 5.41 Å². The number of thiophene rings is 1. The third-order valence-electron chi connectivity index (χ3n) is 6.24. The van der Waals surface area contributed by atoms with E-state index >= 15 is 0 Å². The highest BCUT2D eigenvalue weighted by Gasteiger charge is 2.48. The van der Waals surface area contributed by atoms with Crippen molar-refractivity contribution >= 4 is 28.7 Å². The van der Waals surface area contributed by atoms with E-state index in [1.165, 1.54) is 12.0 Å². The Bertz CT molecular complexity index is 1210. The fourth-order valence-corrected chi connectivity index (χ4v) is 4.61. The molecule has 4 rings (SSSR count). The standard InChI is InChI=1S/C26H26N2O4S/c1-5-26(2,3)23(30)20-21(19-7-6-13-27-24(19)32-4)28(25(31)22(20)29)18-10-8-16(9-11-18)17-12-14-33-15-17/h6-15,21,29H,5H2,1-4H3. The Morgan fingerprint density at radius 1 is 1.18 bits per heavy atom. The minimum atomic E-state index is -0.855. The van der Waals surface area contributed by atoms with Crippen LogP contribution in [0.1, 0.15) is 38.8 Å². The molecule has 1 aliphatic rings. The van der Waals surface area contributed by atoms with Crippen LogP contribution < -0.4 is 9.64 Å². The predicted octanol–water partition coefficient (Wildman–Crippen LogP) is 5.72. The molecule has 0 spiro atoms. The number of rotatable bonds is 7. The molecule has 170 valence electrons. The maximum absolute atomic E-state index is 13.6. The Morgan fingerprint density at radius 3 is 2.52 bits per heavy atom. The molecule has 6 nitrogen and oxygen atoms in total. The third-order valence-corrected chi connectivity index (χ3v) is 6.92. The van der Waals surface area contributed by atoms with E-state index in [2.05, 4.69) is 10.4 Å². The van der Waals surface area contributed by atoms with Gasteiger partial charge in [-0.05, 0) is 58.6 Å². The van der Waals surface area contributed by atoms with Crippen molar-refractivity contribution in [3.63, 3.8) is 0 Å². The van der Waals surface area contributed by atoms with E-state index in [1.807, 2.05) is 56.5 Å². The average Bonchev–Trinajstić information content (AvgIpc) is 3.46. The summed E-state index contributed by atoms with van der Waals surface area (Å²) in [4.78, 5) is 32.6. The van der Waals surface area contributed by atoms with Gasteiger partial charge >= 0.3 is 0 Å². The van der Waals surface area contributed by atoms with Gasteiger partial charge in [0.1, 0.15) is 6.04 Å². The first kappa shape index (κ1) is 22.7. The molecule has 0 bridgehead atoms. The van der Waals surface area contributed by atoms with Gasteiger partial charge in [-0.2, -0.15) is 11.3 Å². The van der Waals surface area contributed by atoms with E-state index in [4.69, 9.17) is 4.74 Å². The highest BCUT2D eigenvalue weighted by molar-refractivity contribution is 7.08. The predicted molar refractivity (Wildman–Crippen MR) is 130 cm³/mol. The van der Waals surface area contributed by atoms with Crippen LogP contribution in [-0.4, -0.2) is 28.9 Å². The number of hydrogen-bond donors (Lipinski definition) is 1. The van der Waals surface area contributed by atoms with Crippen LogP contribution in [0.3, 0.4) is 0 Å². The first-order valence-corrected chi connectivity index (χ1v) is 11.7. The number of aromatic nitrogens is 1. The smallest absolute Gasteiger partial charge is 0.294 e. The molecule has 33 heavy (non-hydrogen) atoms. The Morgan fingerprint density at radius 2 is 1.91 bits per heavy atom. The van der Waals surface area contributed by atoms with E-state index in [-0.39, 0.29) is 11.4 Å². The maximum atomic E-state index is 13.6. The summed E-state index contributed by atoms with van der Waals surface area (Å²) in [5, 5.41) is 15.0. The van der Waals surface area contributed by atoms with Gasteiger partial charge in [-0.1, -0.05) is 32.9 Å². The van der Waals surface area contributed by atoms with Crippen LogP contribution in [-0.2, 0) is 9.59 Å². The monoisotopic (exact) mass is 462 g/mol. The normalized spacial score (nSPS) is 16.4. The van der Waals surface area contributed by atoms with Crippen LogP contribution in [0.5, 0.6) is 5.88 Å². The molecule has 1 aromatic carbocycles. The van der Waals surface area contributed by atoms with Gasteiger partial charge in [0.15, 0.2) is 11.5 Å². The molecule has 1 atom stereocenters. The van der Waals surface area contributed by atoms with Crippen molar-refractivity contribution in [3.8, 4) is 17.0 Å². The number of benzene rings is 1. The molecule has 0 saturated heterocycles. The summed E-state index contributed by atoms with van der Waals surface area (Å²) >= 11 is 1.61. The first-order chi connectivity index (χ1) is 15.8. The Kier molecular flexibility index (Phi) is 6.08. The topological polar surface area (TPSA) is 79.7 Å². The molecule has 1 N–H and O–H groups in total. The van der Waals surface area contributed by atoms with Crippen molar-refractivity contribution < 1.29 is 19.4 Å². The highest BCUT2D eigenvalue weighted by Crippen LogP contribution is 2.46. The number of nitrogens with zero attached hydrogens (tertiary/aromatic N) is 2. The Labute approximate surface area is 197 Å². The third kappa shape index (κ3) is 3.93. The van der Waals surface area contributed by atoms with Gasteiger partial charge in [0.2, 0.25) is 5.88 Å². The Balaban J connectivity index is 1.86. The average molecular weight is 463 g/mol. The second kappa shape index (κ2) is 8.83. The number of ketones is 1. The van der Waals surface area contributed by atoms with Gasteiger partial charge in [0, 0.05) is 22.9 Å². The largest absolute Gasteiger partial charge is 0.503 e. The molecule has 0 radical (unpaired) electrons. The van der Waals surface area contributed by atoms with Crippen molar-refractivity contribution in [1.29, 1.82) is 0 Å². The van der Waals surface area contributed by atoms with Gasteiger partial charge < -0.3 is 9.84 Å². The van der Waals surface area contributed by atoms with E-state index in [1.54, 1.807) is 29.7 Å². The summed E-state index contributed by atoms with van der Waals surface area (Å²) in [6, 6.07) is 12.2. The molecule has 7 heteroatoms. The van der Waals surface area contributed by atoms with Gasteiger partial charge in [0.05, 0.1) is 12.7 Å². The second-order valence-electron chi connectivity index (χ2n) is 8.57. The molecule has 3 aromatic rings. The minimum Gasteiger partial charge on any atom is -0.503 e. The number of carbonyl (C=O) groups excluding carboxylic acids is 2. The molecular weight excluding hydrogens is 436 g/mol. The van der Waals surface area contributed by atoms with Gasteiger partial charge in [0.25, 0.3) is 5.91 Å². The molecular formula is C26H26N2O4S. The summed E-state index contributed by atoms with van der Waals surface area (Å²) in [7, 11) is 1.49. The number of aliphatic hydroxyl groups excluding tert-OH is 1. The van der Waals surface area contributed by atoms with Gasteiger partial charge in [-0.3, -0.25) is 14.5 Å². The van der Waals surface area contributed by atoms with Crippen molar-refractivity contribution in [2.75, 3.05) is 12.0 Å². The van der Waals surface area contributed by atoms with E-state index in [9.17, 15) is 14.7 Å². The number of amides is 1. The second-order valence-corrected chi connectivity index (χ2v) is 9.35. The molecule has 0 saturated carbocycles. The number of Topliss-reactive ketones (excluding diaryl/α,β-unsaturated/α-hetero) is 1. The zero-order chi connectivity index (χ0) is 23.8. The first-order valence-electron chi connectivity index (χ1n) is 10.7. The Hall–Kier alpha value is -3.45. The number of pyridine rings is 1. The quantitative estimate of drug-likeness (QED) is 0.485. The molecule has 1 unspecified atom stereocenters. The molecule has 0 fully saturated rings. The molecule has 1 amide bonds. The van der Waals surface area contributed by atoms with Crippen LogP contribution >= 0.6 is 11.3 Å². The van der Waals surface area contributed by atoms with Crippen LogP contribution in [0.15, 0.2) is 70.8 Å². The summed E-state index contributed by atoms with van der Waals surface area (Å²) in [6.45, 7) is 5.54. The lowest BCUT2D eigenvalue weighted by Crippen LogP contribution is -2.33. The zero-order valence-electron chi connectivity index (χ0n) is 19.0. The van der Waals surface area contributed by atoms with Crippen LogP contribution in [0.25, 0.3) is 11.1 Å². The lowest BCUT2D eigenvalue weighted by molar-refractivity contribution is -0.124. The van der Waals surface area contributed by atoms with Gasteiger partial charge in [-0.15, -0.1) is 0 Å². The maximum Gasteiger partial charge on any atom is 0.294 e. The minimum absolute atomic E-state index is 0.0695. The van der Waals surface area contributed by atoms with E-state index in [0.29, 0.717) is 23.6 Å². The van der Waals surface area contributed by atoms with E-state index < -0.39 is 23.1 Å². The molecule has 1 aliphatic heterocycles. The van der Waals surface area contributed by atoms with Crippen molar-refractivity contribution in [3.05, 3.63) is 76.3 Å². The zero-order valence-corrected chi connectivity index (χ0v) is 19.8. The molecule has 3 heterocycles. The van der Waals surface area contributed by atoms with Crippen LogP contribution in [0.4, 0.5) is 5.69 Å². The summed E-state index contributed by atoms with van der Waals surface area (Å²) in [5.41, 5.74) is 2.53. The summed E-state index contributed by atoms with van der Waals surface area (Å²) in [6.07, 6.45) is 2.14. The lowest BCUT2D eigenvalue weighted by atomic mass is 9.79. The number of hydrogen-bond acceptors (Lipinski definition) is 6. The summed E-state index contributed by atoms with van der Waals surface area (Å²) in [5.74, 6) is -1.13. The molecule has 0 aliphatic carbocycles.